The minimum Gasteiger partial charge on any atom is -0.388 e. The summed E-state index contributed by atoms with van der Waals surface area (Å²) in [4.78, 5) is 19.4. The molecule has 4 rings (SSSR count). The molecule has 2 fully saturated rings. The molecule has 5 nitrogen and oxygen atoms in total. The molecule has 6 heteroatoms. The molecule has 154 valence electrons. The number of amides is 1. The van der Waals surface area contributed by atoms with Gasteiger partial charge in [-0.2, -0.15) is 0 Å². The van der Waals surface area contributed by atoms with E-state index in [1.807, 2.05) is 7.05 Å². The van der Waals surface area contributed by atoms with Crippen molar-refractivity contribution in [1.82, 2.24) is 10.3 Å². The van der Waals surface area contributed by atoms with E-state index in [1.54, 1.807) is 31.3 Å². The maximum absolute atomic E-state index is 13.4. The first kappa shape index (κ1) is 19.8. The van der Waals surface area contributed by atoms with Crippen LogP contribution in [0.25, 0.3) is 11.1 Å². The number of benzene rings is 1. The van der Waals surface area contributed by atoms with Gasteiger partial charge in [-0.05, 0) is 68.2 Å². The van der Waals surface area contributed by atoms with Crippen molar-refractivity contribution in [3.63, 3.8) is 0 Å². The number of hydrogen-bond donors (Lipinski definition) is 2. The molecule has 0 aliphatic heterocycles. The number of aliphatic hydroxyl groups is 1. The molecule has 0 bridgehead atoms. The fraction of sp³-hybridized carbons (Fsp3) is 0.478. The minimum atomic E-state index is -0.882. The lowest BCUT2D eigenvalue weighted by Gasteiger charge is -2.24. The van der Waals surface area contributed by atoms with E-state index in [0.717, 1.165) is 36.3 Å². The average Bonchev–Trinajstić information content (AvgIpc) is 3.60. The normalized spacial score (nSPS) is 18.2. The van der Waals surface area contributed by atoms with Crippen LogP contribution in [0.1, 0.15) is 43.0 Å². The first-order valence-corrected chi connectivity index (χ1v) is 10.3. The highest BCUT2D eigenvalue weighted by molar-refractivity contribution is 5.96. The highest BCUT2D eigenvalue weighted by atomic mass is 19.1. The van der Waals surface area contributed by atoms with Crippen LogP contribution < -0.4 is 10.2 Å². The number of nitrogens with one attached hydrogen (secondary N) is 1. The van der Waals surface area contributed by atoms with E-state index in [9.17, 15) is 14.3 Å². The van der Waals surface area contributed by atoms with Crippen LogP contribution in [0.4, 0.5) is 10.2 Å². The van der Waals surface area contributed by atoms with E-state index >= 15 is 0 Å². The summed E-state index contributed by atoms with van der Waals surface area (Å²) in [5.41, 5.74) is 1.17. The third-order valence-corrected chi connectivity index (χ3v) is 5.94. The van der Waals surface area contributed by atoms with E-state index in [2.05, 4.69) is 15.2 Å². The van der Waals surface area contributed by atoms with Crippen molar-refractivity contribution in [3.05, 3.63) is 47.9 Å². The lowest BCUT2D eigenvalue weighted by Crippen LogP contribution is -2.42. The summed E-state index contributed by atoms with van der Waals surface area (Å²) >= 11 is 0. The van der Waals surface area contributed by atoms with Gasteiger partial charge in [-0.3, -0.25) is 4.79 Å². The molecular formula is C23H28FN3O2. The van der Waals surface area contributed by atoms with E-state index in [0.29, 0.717) is 11.5 Å². The van der Waals surface area contributed by atoms with Crippen LogP contribution in [0.5, 0.6) is 0 Å². The molecule has 1 atom stereocenters. The summed E-state index contributed by atoms with van der Waals surface area (Å²) in [6.07, 6.45) is 6.05. The molecule has 1 amide bonds. The second kappa shape index (κ2) is 7.75. The minimum absolute atomic E-state index is 0.214. The zero-order valence-electron chi connectivity index (χ0n) is 17.0. The van der Waals surface area contributed by atoms with E-state index < -0.39 is 5.60 Å². The van der Waals surface area contributed by atoms with Crippen molar-refractivity contribution in [2.24, 2.45) is 11.8 Å². The van der Waals surface area contributed by atoms with Crippen LogP contribution in [0.3, 0.4) is 0 Å². The molecule has 2 aromatic rings. The molecule has 0 saturated heterocycles. The molecule has 2 aliphatic carbocycles. The maximum Gasteiger partial charge on any atom is 0.252 e. The second-order valence-corrected chi connectivity index (χ2v) is 8.74. The predicted molar refractivity (Wildman–Crippen MR) is 111 cm³/mol. The van der Waals surface area contributed by atoms with Crippen molar-refractivity contribution in [2.75, 3.05) is 25.0 Å². The molecule has 1 heterocycles. The zero-order valence-corrected chi connectivity index (χ0v) is 17.0. The van der Waals surface area contributed by atoms with Crippen LogP contribution in [-0.2, 0) is 0 Å². The Morgan fingerprint density at radius 3 is 2.59 bits per heavy atom. The molecular weight excluding hydrogens is 369 g/mol. The number of pyridine rings is 1. The molecule has 0 spiro atoms. The summed E-state index contributed by atoms with van der Waals surface area (Å²) in [7, 11) is 2.00. The molecule has 2 saturated carbocycles. The summed E-state index contributed by atoms with van der Waals surface area (Å²) in [5, 5.41) is 13.3. The lowest BCUT2D eigenvalue weighted by molar-refractivity contribution is 0.0354. The molecule has 0 radical (unpaired) electrons. The number of aromatic nitrogens is 1. The average molecular weight is 397 g/mol. The Labute approximate surface area is 171 Å². The van der Waals surface area contributed by atoms with Crippen molar-refractivity contribution in [2.45, 2.75) is 38.2 Å². The van der Waals surface area contributed by atoms with Crippen molar-refractivity contribution in [1.29, 1.82) is 0 Å². The molecule has 2 N–H and O–H groups in total. The van der Waals surface area contributed by atoms with Gasteiger partial charge in [0, 0.05) is 31.9 Å². The Morgan fingerprint density at radius 2 is 1.97 bits per heavy atom. The third-order valence-electron chi connectivity index (χ3n) is 5.94. The zero-order chi connectivity index (χ0) is 20.6. The fourth-order valence-corrected chi connectivity index (χ4v) is 3.71. The first-order valence-electron chi connectivity index (χ1n) is 10.3. The largest absolute Gasteiger partial charge is 0.388 e. The summed E-state index contributed by atoms with van der Waals surface area (Å²) in [6, 6.07) is 8.06. The molecule has 1 aromatic carbocycles. The highest BCUT2D eigenvalue weighted by Crippen LogP contribution is 2.39. The van der Waals surface area contributed by atoms with E-state index in [1.165, 1.54) is 25.0 Å². The van der Waals surface area contributed by atoms with Crippen LogP contribution in [-0.4, -0.2) is 41.7 Å². The number of nitrogens with zero attached hydrogens (tertiary/aromatic N) is 2. The standard InChI is InChI=1S/C23H28FN3O2/c1-23(29,18-7-8-18)14-26-22(28)17-11-20(16-5-9-19(24)10-6-16)21(25-12-17)27(2)13-15-3-4-15/h5-6,9-12,15,18,29H,3-4,7-8,13-14H2,1-2H3,(H,26,28). The van der Waals surface area contributed by atoms with E-state index in [4.69, 9.17) is 0 Å². The Bertz CT molecular complexity index is 889. The van der Waals surface area contributed by atoms with Crippen LogP contribution in [0.2, 0.25) is 0 Å². The smallest absolute Gasteiger partial charge is 0.252 e. The number of rotatable bonds is 8. The molecule has 1 aromatic heterocycles. The fourth-order valence-electron chi connectivity index (χ4n) is 3.71. The maximum atomic E-state index is 13.4. The van der Waals surface area contributed by atoms with Crippen LogP contribution >= 0.6 is 0 Å². The number of halogens is 1. The SMILES string of the molecule is CN(CC1CC1)c1ncc(C(=O)NCC(C)(O)C2CC2)cc1-c1ccc(F)cc1. The topological polar surface area (TPSA) is 65.5 Å². The van der Waals surface area contributed by atoms with Gasteiger partial charge in [-0.25, -0.2) is 9.37 Å². The van der Waals surface area contributed by atoms with Gasteiger partial charge in [0.15, 0.2) is 0 Å². The van der Waals surface area contributed by atoms with E-state index in [-0.39, 0.29) is 24.2 Å². The monoisotopic (exact) mass is 397 g/mol. The lowest BCUT2D eigenvalue weighted by atomic mass is 10.0. The van der Waals surface area contributed by atoms with Gasteiger partial charge >= 0.3 is 0 Å². The summed E-state index contributed by atoms with van der Waals surface area (Å²) in [5.74, 6) is 1.17. The number of anilines is 1. The van der Waals surface area contributed by atoms with Gasteiger partial charge in [-0.15, -0.1) is 0 Å². The van der Waals surface area contributed by atoms with Crippen molar-refractivity contribution in [3.8, 4) is 11.1 Å². The van der Waals surface area contributed by atoms with Crippen molar-refractivity contribution < 1.29 is 14.3 Å². The summed E-state index contributed by atoms with van der Waals surface area (Å²) < 4.78 is 13.4. The highest BCUT2D eigenvalue weighted by Gasteiger charge is 2.40. The molecule has 1 unspecified atom stereocenters. The molecule has 2 aliphatic rings. The Hall–Kier alpha value is -2.47. The quantitative estimate of drug-likeness (QED) is 0.714. The Balaban J connectivity index is 1.58. The Morgan fingerprint density at radius 1 is 1.28 bits per heavy atom. The number of carbonyl (C=O) groups excluding carboxylic acids is 1. The van der Waals surface area contributed by atoms with Gasteiger partial charge in [0.05, 0.1) is 11.2 Å². The molecule has 29 heavy (non-hydrogen) atoms. The first-order chi connectivity index (χ1) is 13.8. The van der Waals surface area contributed by atoms with Gasteiger partial charge in [0.2, 0.25) is 0 Å². The third kappa shape index (κ3) is 4.75. The van der Waals surface area contributed by atoms with Gasteiger partial charge < -0.3 is 15.3 Å². The number of hydrogen-bond acceptors (Lipinski definition) is 4. The second-order valence-electron chi connectivity index (χ2n) is 8.74. The van der Waals surface area contributed by atoms with Crippen molar-refractivity contribution >= 4 is 11.7 Å². The van der Waals surface area contributed by atoms with Gasteiger partial charge in [0.25, 0.3) is 5.91 Å². The predicted octanol–water partition coefficient (Wildman–Crippen LogP) is 3.62. The van der Waals surface area contributed by atoms with Crippen LogP contribution in [0, 0.1) is 17.7 Å². The Kier molecular flexibility index (Phi) is 5.30. The number of carbonyl (C=O) groups is 1. The van der Waals surface area contributed by atoms with Gasteiger partial charge in [-0.1, -0.05) is 12.1 Å². The van der Waals surface area contributed by atoms with Crippen LogP contribution in [0.15, 0.2) is 36.5 Å². The van der Waals surface area contributed by atoms with Gasteiger partial charge in [0.1, 0.15) is 11.6 Å². The summed E-state index contributed by atoms with van der Waals surface area (Å²) in [6.45, 7) is 2.89.